The van der Waals surface area contributed by atoms with E-state index in [1.165, 1.54) is 22.7 Å². The number of carboxylic acid groups (broad SMARTS) is 1. The van der Waals surface area contributed by atoms with Gasteiger partial charge in [-0.3, -0.25) is 9.59 Å². The van der Waals surface area contributed by atoms with E-state index in [0.717, 1.165) is 0 Å². The van der Waals surface area contributed by atoms with Gasteiger partial charge in [-0.05, 0) is 32.9 Å². The molecule has 3 atom stereocenters. The molecule has 3 heterocycles. The minimum Gasteiger partial charge on any atom is -0.548 e. The van der Waals surface area contributed by atoms with Gasteiger partial charge in [0.05, 0.1) is 12.0 Å². The molecular weight excluding hydrogens is 308 g/mol. The first-order valence-electron chi connectivity index (χ1n) is 6.80. The summed E-state index contributed by atoms with van der Waals surface area (Å²) in [7, 11) is 0. The molecule has 118 valence electrons. The molecule has 2 amide bonds. The molecule has 2 saturated heterocycles. The number of β-lactam (4-membered cyclic amide) rings is 1. The number of carbonyl (C=O) groups excluding carboxylic acids is 3. The van der Waals surface area contributed by atoms with Crippen LogP contribution in [-0.4, -0.2) is 44.9 Å². The lowest BCUT2D eigenvalue weighted by molar-refractivity contribution is -0.312. The second-order valence-corrected chi connectivity index (χ2v) is 7.71. The summed E-state index contributed by atoms with van der Waals surface area (Å²) < 4.78 is 4.55. The van der Waals surface area contributed by atoms with E-state index >= 15 is 0 Å². The van der Waals surface area contributed by atoms with Crippen LogP contribution in [-0.2, 0) is 9.59 Å². The third-order valence-corrected chi connectivity index (χ3v) is 5.49. The Balaban J connectivity index is 1.75. The van der Waals surface area contributed by atoms with E-state index in [-0.39, 0.29) is 5.76 Å². The Kier molecular flexibility index (Phi) is 3.24. The number of nitrogens with one attached hydrogen (secondary N) is 1. The minimum atomic E-state index is -1.28. The molecule has 8 heteroatoms. The van der Waals surface area contributed by atoms with Crippen molar-refractivity contribution >= 4 is 29.5 Å². The summed E-state index contributed by atoms with van der Waals surface area (Å²) in [6.45, 7) is 5.21. The molecule has 0 spiro atoms. The number of thioether (sulfide) groups is 1. The maximum absolute atomic E-state index is 12.2. The largest absolute Gasteiger partial charge is 0.548 e. The number of aliphatic carboxylic acids is 1. The predicted octanol–water partition coefficient (Wildman–Crippen LogP) is -0.501. The molecule has 0 radical (unpaired) electrons. The number of hydrogen-bond donors (Lipinski definition) is 1. The second-order valence-electron chi connectivity index (χ2n) is 5.94. The molecule has 0 aliphatic carbocycles. The summed E-state index contributed by atoms with van der Waals surface area (Å²) >= 11 is 1.35. The number of fused-ring (bicyclic) bond motifs is 1. The van der Waals surface area contributed by atoms with Gasteiger partial charge >= 0.3 is 0 Å². The zero-order valence-electron chi connectivity index (χ0n) is 12.3. The molecule has 1 aromatic rings. The van der Waals surface area contributed by atoms with Crippen LogP contribution in [0.2, 0.25) is 0 Å². The van der Waals surface area contributed by atoms with Crippen molar-refractivity contribution < 1.29 is 23.9 Å². The van der Waals surface area contributed by atoms with Crippen molar-refractivity contribution in [1.29, 1.82) is 0 Å². The molecule has 0 unspecified atom stereocenters. The van der Waals surface area contributed by atoms with Crippen molar-refractivity contribution in [2.75, 3.05) is 0 Å². The van der Waals surface area contributed by atoms with Gasteiger partial charge in [-0.1, -0.05) is 0 Å². The van der Waals surface area contributed by atoms with Crippen molar-refractivity contribution in [2.24, 2.45) is 0 Å². The lowest BCUT2D eigenvalue weighted by Crippen LogP contribution is -2.71. The van der Waals surface area contributed by atoms with Crippen molar-refractivity contribution in [3.05, 3.63) is 23.7 Å². The molecule has 2 aliphatic heterocycles. The number of carboxylic acids is 1. The normalized spacial score (nSPS) is 29.0. The van der Waals surface area contributed by atoms with Crippen LogP contribution in [0.5, 0.6) is 0 Å². The van der Waals surface area contributed by atoms with Crippen molar-refractivity contribution in [1.82, 2.24) is 10.2 Å². The van der Waals surface area contributed by atoms with E-state index in [4.69, 9.17) is 4.42 Å². The van der Waals surface area contributed by atoms with Crippen molar-refractivity contribution in [2.45, 2.75) is 43.0 Å². The van der Waals surface area contributed by atoms with E-state index in [1.54, 1.807) is 26.8 Å². The van der Waals surface area contributed by atoms with Gasteiger partial charge < -0.3 is 24.5 Å². The van der Waals surface area contributed by atoms with Gasteiger partial charge in [0.2, 0.25) is 5.91 Å². The Morgan fingerprint density at radius 1 is 1.41 bits per heavy atom. The van der Waals surface area contributed by atoms with Crippen molar-refractivity contribution in [3.8, 4) is 0 Å². The molecule has 0 saturated carbocycles. The first kappa shape index (κ1) is 15.0. The Morgan fingerprint density at radius 2 is 2.09 bits per heavy atom. The molecule has 3 rings (SSSR count). The van der Waals surface area contributed by atoms with E-state index in [9.17, 15) is 19.5 Å². The Bertz CT molecular complexity index is 668. The quantitative estimate of drug-likeness (QED) is 0.752. The number of nitrogens with zero attached hydrogens (tertiary/aromatic N) is 1. The van der Waals surface area contributed by atoms with Crippen LogP contribution in [0, 0.1) is 6.92 Å². The highest BCUT2D eigenvalue weighted by atomic mass is 32.2. The molecule has 0 aromatic carbocycles. The Morgan fingerprint density at radius 3 is 2.64 bits per heavy atom. The first-order chi connectivity index (χ1) is 10.2. The predicted molar refractivity (Wildman–Crippen MR) is 75.8 cm³/mol. The average molecular weight is 323 g/mol. The van der Waals surface area contributed by atoms with Gasteiger partial charge in [0.25, 0.3) is 5.91 Å². The van der Waals surface area contributed by atoms with Gasteiger partial charge in [-0.25, -0.2) is 0 Å². The molecule has 0 bridgehead atoms. The fourth-order valence-electron chi connectivity index (χ4n) is 2.90. The highest BCUT2D eigenvalue weighted by molar-refractivity contribution is 8.01. The van der Waals surface area contributed by atoms with Crippen LogP contribution in [0.3, 0.4) is 0 Å². The number of carbonyl (C=O) groups is 3. The molecule has 22 heavy (non-hydrogen) atoms. The SMILES string of the molecule is Cc1ccc(C(=O)N[C@@H]2C(=O)N3[C@H]2SC(C)(C)[C@H]3C(=O)[O-])o1. The van der Waals surface area contributed by atoms with Gasteiger partial charge in [0, 0.05) is 4.75 Å². The Labute approximate surface area is 131 Å². The molecular formula is C14H15N2O5S-. The summed E-state index contributed by atoms with van der Waals surface area (Å²) in [5.74, 6) is -1.45. The number of rotatable bonds is 3. The first-order valence-corrected chi connectivity index (χ1v) is 7.68. The van der Waals surface area contributed by atoms with Gasteiger partial charge in [-0.2, -0.15) is 0 Å². The summed E-state index contributed by atoms with van der Waals surface area (Å²) in [5.41, 5.74) is 0. The number of amides is 2. The van der Waals surface area contributed by atoms with E-state index in [0.29, 0.717) is 5.76 Å². The second kappa shape index (κ2) is 4.77. The number of furan rings is 1. The third kappa shape index (κ3) is 2.09. The minimum absolute atomic E-state index is 0.127. The maximum atomic E-state index is 12.2. The van der Waals surface area contributed by atoms with Gasteiger partial charge in [-0.15, -0.1) is 11.8 Å². The zero-order chi connectivity index (χ0) is 16.2. The zero-order valence-corrected chi connectivity index (χ0v) is 13.1. The molecule has 1 aromatic heterocycles. The number of hydrogen-bond acceptors (Lipinski definition) is 6. The third-order valence-electron chi connectivity index (χ3n) is 3.92. The van der Waals surface area contributed by atoms with Crippen molar-refractivity contribution in [3.63, 3.8) is 0 Å². The van der Waals surface area contributed by atoms with E-state index < -0.39 is 40.0 Å². The van der Waals surface area contributed by atoms with Crippen LogP contribution >= 0.6 is 11.8 Å². The average Bonchev–Trinajstić information content (AvgIpc) is 2.95. The van der Waals surface area contributed by atoms with Crippen LogP contribution in [0.4, 0.5) is 0 Å². The standard InChI is InChI=1S/C14H16N2O5S/c1-6-4-5-7(21-6)10(17)15-8-11(18)16-9(13(19)20)14(2,3)22-12(8)16/h4-5,8-9,12H,1-3H3,(H,15,17)(H,19,20)/p-1/t8-,9-,12+/m1/s1. The van der Waals surface area contributed by atoms with Gasteiger partial charge in [0.1, 0.15) is 17.2 Å². The summed E-state index contributed by atoms with van der Waals surface area (Å²) in [5, 5.41) is 13.5. The van der Waals surface area contributed by atoms with Crippen LogP contribution in [0.1, 0.15) is 30.2 Å². The molecule has 7 nitrogen and oxygen atoms in total. The summed E-state index contributed by atoms with van der Waals surface area (Å²) in [4.78, 5) is 36.8. The Hall–Kier alpha value is -1.96. The smallest absolute Gasteiger partial charge is 0.287 e. The fraction of sp³-hybridized carbons (Fsp3) is 0.500. The molecule has 2 aliphatic rings. The summed E-state index contributed by atoms with van der Waals surface area (Å²) in [6, 6.07) is 1.45. The summed E-state index contributed by atoms with van der Waals surface area (Å²) in [6.07, 6.45) is 0. The lowest BCUT2D eigenvalue weighted by atomic mass is 9.96. The lowest BCUT2D eigenvalue weighted by Gasteiger charge is -2.45. The maximum Gasteiger partial charge on any atom is 0.287 e. The van der Waals surface area contributed by atoms with Crippen LogP contribution in [0.15, 0.2) is 16.5 Å². The number of aryl methyl sites for hydroxylation is 1. The highest BCUT2D eigenvalue weighted by Crippen LogP contribution is 2.50. The van der Waals surface area contributed by atoms with E-state index in [1.807, 2.05) is 0 Å². The van der Waals surface area contributed by atoms with Crippen LogP contribution < -0.4 is 10.4 Å². The van der Waals surface area contributed by atoms with E-state index in [2.05, 4.69) is 5.32 Å². The monoisotopic (exact) mass is 323 g/mol. The highest BCUT2D eigenvalue weighted by Gasteiger charge is 2.62. The van der Waals surface area contributed by atoms with Crippen LogP contribution in [0.25, 0.3) is 0 Å². The fourth-order valence-corrected chi connectivity index (χ4v) is 4.52. The molecule has 2 fully saturated rings. The van der Waals surface area contributed by atoms with Gasteiger partial charge in [0.15, 0.2) is 5.76 Å². The molecule has 1 N–H and O–H groups in total. The topological polar surface area (TPSA) is 103 Å².